The molecule has 0 atom stereocenters. The van der Waals surface area contributed by atoms with Crippen molar-refractivity contribution in [1.29, 1.82) is 0 Å². The van der Waals surface area contributed by atoms with Crippen molar-refractivity contribution in [3.05, 3.63) is 30.1 Å². The Morgan fingerprint density at radius 2 is 2.38 bits per heavy atom. The molecule has 0 unspecified atom stereocenters. The third-order valence-corrected chi connectivity index (χ3v) is 1.76. The molecule has 0 fully saturated rings. The van der Waals surface area contributed by atoms with E-state index in [1.807, 2.05) is 26.0 Å². The standard InChI is InChI=1S/C10H15N3/c1-8(2)10(11)13-7-9-4-3-5-12-6-9/h3-6,8H,7H2,1-2H3,(H2,11,13). The molecule has 0 spiro atoms. The lowest BCUT2D eigenvalue weighted by Crippen LogP contribution is -2.18. The van der Waals surface area contributed by atoms with Gasteiger partial charge in [0.05, 0.1) is 12.4 Å². The first kappa shape index (κ1) is 9.71. The Morgan fingerprint density at radius 1 is 1.62 bits per heavy atom. The maximum absolute atomic E-state index is 5.69. The number of amidine groups is 1. The van der Waals surface area contributed by atoms with Gasteiger partial charge in [-0.3, -0.25) is 9.98 Å². The lowest BCUT2D eigenvalue weighted by atomic mass is 10.2. The molecule has 0 aliphatic heterocycles. The van der Waals surface area contributed by atoms with Gasteiger partial charge < -0.3 is 5.73 Å². The summed E-state index contributed by atoms with van der Waals surface area (Å²) in [6.07, 6.45) is 3.55. The molecule has 0 bridgehead atoms. The maximum Gasteiger partial charge on any atom is 0.0966 e. The summed E-state index contributed by atoms with van der Waals surface area (Å²) < 4.78 is 0. The van der Waals surface area contributed by atoms with Crippen LogP contribution in [0.4, 0.5) is 0 Å². The Balaban J connectivity index is 2.57. The molecule has 1 aromatic heterocycles. The highest BCUT2D eigenvalue weighted by Gasteiger charge is 1.97. The summed E-state index contributed by atoms with van der Waals surface area (Å²) in [5.74, 6) is 1.01. The fraction of sp³-hybridized carbons (Fsp3) is 0.400. The molecule has 3 heteroatoms. The van der Waals surface area contributed by atoms with Crippen LogP contribution in [-0.4, -0.2) is 10.8 Å². The summed E-state index contributed by atoms with van der Waals surface area (Å²) in [5, 5.41) is 0. The molecule has 13 heavy (non-hydrogen) atoms. The SMILES string of the molecule is CC(C)C(N)=NCc1cccnc1. The molecule has 3 nitrogen and oxygen atoms in total. The van der Waals surface area contributed by atoms with E-state index in [2.05, 4.69) is 9.98 Å². The topological polar surface area (TPSA) is 51.3 Å². The van der Waals surface area contributed by atoms with Crippen LogP contribution >= 0.6 is 0 Å². The molecular weight excluding hydrogens is 162 g/mol. The molecule has 0 aliphatic carbocycles. The highest BCUT2D eigenvalue weighted by molar-refractivity contribution is 5.82. The average Bonchev–Trinajstić information content (AvgIpc) is 2.15. The van der Waals surface area contributed by atoms with Crippen molar-refractivity contribution in [2.75, 3.05) is 0 Å². The minimum absolute atomic E-state index is 0.316. The molecule has 0 aliphatic rings. The first-order valence-corrected chi connectivity index (χ1v) is 4.39. The number of nitrogens with two attached hydrogens (primary N) is 1. The second-order valence-corrected chi connectivity index (χ2v) is 3.26. The summed E-state index contributed by atoms with van der Waals surface area (Å²) in [7, 11) is 0. The smallest absolute Gasteiger partial charge is 0.0966 e. The van der Waals surface area contributed by atoms with E-state index in [0.29, 0.717) is 18.3 Å². The Kier molecular flexibility index (Phi) is 3.43. The Bertz CT molecular complexity index is 277. The fourth-order valence-electron chi connectivity index (χ4n) is 0.857. The van der Waals surface area contributed by atoms with E-state index < -0.39 is 0 Å². The van der Waals surface area contributed by atoms with Gasteiger partial charge in [-0.1, -0.05) is 19.9 Å². The van der Waals surface area contributed by atoms with Crippen LogP contribution in [0.5, 0.6) is 0 Å². The third-order valence-electron chi connectivity index (χ3n) is 1.76. The van der Waals surface area contributed by atoms with E-state index in [1.54, 1.807) is 12.4 Å². The molecule has 2 N–H and O–H groups in total. The van der Waals surface area contributed by atoms with Gasteiger partial charge in [-0.25, -0.2) is 0 Å². The first-order chi connectivity index (χ1) is 6.20. The Labute approximate surface area is 78.7 Å². The molecular formula is C10H15N3. The van der Waals surface area contributed by atoms with Gasteiger partial charge >= 0.3 is 0 Å². The normalized spacial score (nSPS) is 12.1. The lowest BCUT2D eigenvalue weighted by Gasteiger charge is -2.03. The van der Waals surface area contributed by atoms with Crippen molar-refractivity contribution < 1.29 is 0 Å². The summed E-state index contributed by atoms with van der Waals surface area (Å²) in [4.78, 5) is 8.25. The number of rotatable bonds is 3. The quantitative estimate of drug-likeness (QED) is 0.563. The number of hydrogen-bond acceptors (Lipinski definition) is 2. The van der Waals surface area contributed by atoms with Crippen LogP contribution in [0.1, 0.15) is 19.4 Å². The third kappa shape index (κ3) is 3.23. The van der Waals surface area contributed by atoms with Crippen molar-refractivity contribution in [1.82, 2.24) is 4.98 Å². The molecule has 1 aromatic rings. The number of aromatic nitrogens is 1. The Hall–Kier alpha value is -1.38. The van der Waals surface area contributed by atoms with Crippen LogP contribution in [0.25, 0.3) is 0 Å². The van der Waals surface area contributed by atoms with Gasteiger partial charge in [-0.2, -0.15) is 0 Å². The van der Waals surface area contributed by atoms with Gasteiger partial charge in [0.15, 0.2) is 0 Å². The van der Waals surface area contributed by atoms with Gasteiger partial charge in [0, 0.05) is 18.3 Å². The van der Waals surface area contributed by atoms with Crippen LogP contribution in [0.15, 0.2) is 29.5 Å². The fourth-order valence-corrected chi connectivity index (χ4v) is 0.857. The van der Waals surface area contributed by atoms with E-state index in [9.17, 15) is 0 Å². The molecule has 0 radical (unpaired) electrons. The van der Waals surface area contributed by atoms with Gasteiger partial charge in [0.2, 0.25) is 0 Å². The van der Waals surface area contributed by atoms with E-state index in [0.717, 1.165) is 5.56 Å². The Morgan fingerprint density at radius 3 is 2.92 bits per heavy atom. The van der Waals surface area contributed by atoms with Crippen molar-refractivity contribution in [2.45, 2.75) is 20.4 Å². The lowest BCUT2D eigenvalue weighted by molar-refractivity contribution is 0.854. The minimum Gasteiger partial charge on any atom is -0.387 e. The van der Waals surface area contributed by atoms with Crippen molar-refractivity contribution in [3.8, 4) is 0 Å². The average molecular weight is 177 g/mol. The summed E-state index contributed by atoms with van der Waals surface area (Å²) in [6, 6.07) is 3.89. The van der Waals surface area contributed by atoms with Gasteiger partial charge in [-0.15, -0.1) is 0 Å². The van der Waals surface area contributed by atoms with Crippen molar-refractivity contribution in [2.24, 2.45) is 16.6 Å². The molecule has 1 heterocycles. The number of nitrogens with zero attached hydrogens (tertiary/aromatic N) is 2. The van der Waals surface area contributed by atoms with Crippen LogP contribution < -0.4 is 5.73 Å². The number of pyridine rings is 1. The largest absolute Gasteiger partial charge is 0.387 e. The van der Waals surface area contributed by atoms with Crippen LogP contribution in [0.3, 0.4) is 0 Å². The monoisotopic (exact) mass is 177 g/mol. The van der Waals surface area contributed by atoms with E-state index in [-0.39, 0.29) is 0 Å². The van der Waals surface area contributed by atoms with E-state index in [1.165, 1.54) is 0 Å². The van der Waals surface area contributed by atoms with Gasteiger partial charge in [0.25, 0.3) is 0 Å². The molecule has 0 saturated heterocycles. The zero-order valence-electron chi connectivity index (χ0n) is 8.07. The molecule has 0 saturated carbocycles. The van der Waals surface area contributed by atoms with Crippen molar-refractivity contribution in [3.63, 3.8) is 0 Å². The van der Waals surface area contributed by atoms with Gasteiger partial charge in [-0.05, 0) is 11.6 Å². The highest BCUT2D eigenvalue weighted by atomic mass is 14.9. The van der Waals surface area contributed by atoms with E-state index >= 15 is 0 Å². The van der Waals surface area contributed by atoms with Crippen LogP contribution in [0.2, 0.25) is 0 Å². The van der Waals surface area contributed by atoms with Gasteiger partial charge in [0.1, 0.15) is 0 Å². The minimum atomic E-state index is 0.316. The molecule has 1 rings (SSSR count). The zero-order chi connectivity index (χ0) is 9.68. The summed E-state index contributed by atoms with van der Waals surface area (Å²) in [5.41, 5.74) is 6.78. The highest BCUT2D eigenvalue weighted by Crippen LogP contribution is 1.99. The first-order valence-electron chi connectivity index (χ1n) is 4.39. The van der Waals surface area contributed by atoms with Crippen LogP contribution in [-0.2, 0) is 6.54 Å². The summed E-state index contributed by atoms with van der Waals surface area (Å²) in [6.45, 7) is 4.68. The van der Waals surface area contributed by atoms with Crippen LogP contribution in [0, 0.1) is 5.92 Å². The predicted molar refractivity (Wildman–Crippen MR) is 54.4 cm³/mol. The zero-order valence-corrected chi connectivity index (χ0v) is 8.07. The molecule has 0 aromatic carbocycles. The maximum atomic E-state index is 5.69. The predicted octanol–water partition coefficient (Wildman–Crippen LogP) is 1.59. The second-order valence-electron chi connectivity index (χ2n) is 3.26. The molecule has 70 valence electrons. The van der Waals surface area contributed by atoms with Crippen molar-refractivity contribution >= 4 is 5.84 Å². The number of hydrogen-bond donors (Lipinski definition) is 1. The molecule has 0 amide bonds. The second kappa shape index (κ2) is 4.60. The summed E-state index contributed by atoms with van der Waals surface area (Å²) >= 11 is 0. The number of aliphatic imine (C=N–C) groups is 1. The van der Waals surface area contributed by atoms with E-state index in [4.69, 9.17) is 5.73 Å².